The van der Waals surface area contributed by atoms with E-state index in [9.17, 15) is 14.7 Å². The number of hydrogen-bond donors (Lipinski definition) is 5. The number of benzene rings is 1. The van der Waals surface area contributed by atoms with Gasteiger partial charge in [-0.05, 0) is 36.3 Å². The Balaban J connectivity index is 1.74. The third-order valence-corrected chi connectivity index (χ3v) is 3.06. The van der Waals surface area contributed by atoms with Gasteiger partial charge in [-0.25, -0.2) is 9.59 Å². The summed E-state index contributed by atoms with van der Waals surface area (Å²) in [6, 6.07) is 5.91. The summed E-state index contributed by atoms with van der Waals surface area (Å²) in [7, 11) is 0. The first-order valence-corrected chi connectivity index (χ1v) is 6.67. The molecule has 0 saturated heterocycles. The van der Waals surface area contributed by atoms with E-state index in [1.807, 2.05) is 0 Å². The van der Waals surface area contributed by atoms with Gasteiger partial charge in [-0.15, -0.1) is 0 Å². The minimum atomic E-state index is -1.03. The van der Waals surface area contributed by atoms with Gasteiger partial charge in [0.15, 0.2) is 6.23 Å². The van der Waals surface area contributed by atoms with Crippen molar-refractivity contribution in [3.63, 3.8) is 0 Å². The maximum absolute atomic E-state index is 11.7. The number of halogens is 1. The predicted octanol–water partition coefficient (Wildman–Crippen LogP) is 1.37. The van der Waals surface area contributed by atoms with Crippen molar-refractivity contribution in [3.8, 4) is 0 Å². The largest absolute Gasteiger partial charge is 0.370 e. The fourth-order valence-corrected chi connectivity index (χ4v) is 1.86. The Morgan fingerprint density at radius 2 is 2.05 bits per heavy atom. The maximum atomic E-state index is 11.7. The van der Waals surface area contributed by atoms with Crippen molar-refractivity contribution in [2.24, 2.45) is 0 Å². The predicted molar refractivity (Wildman–Crippen MR) is 78.8 cm³/mol. The Bertz CT molecular complexity index is 559. The van der Waals surface area contributed by atoms with Crippen molar-refractivity contribution in [2.45, 2.75) is 12.6 Å². The third-order valence-electron chi connectivity index (χ3n) is 2.81. The number of urea groups is 2. The SMILES string of the molecule is O=C(NCCC1=CNC(=O)N[C@@H]1O)Nc1ccc(Cl)cc1. The minimum absolute atomic E-state index is 0.319. The quantitative estimate of drug-likeness (QED) is 0.580. The molecule has 1 aromatic rings. The number of carbonyl (C=O) groups is 2. The molecule has 1 aliphatic heterocycles. The Labute approximate surface area is 126 Å². The van der Waals surface area contributed by atoms with Gasteiger partial charge in [-0.3, -0.25) is 0 Å². The van der Waals surface area contributed by atoms with Crippen LogP contribution in [0.5, 0.6) is 0 Å². The standard InChI is InChI=1S/C13H15ClN4O3/c14-9-1-3-10(4-2-9)17-12(20)15-6-5-8-7-16-13(21)18-11(8)19/h1-4,7,11,19H,5-6H2,(H2,15,17,20)(H2,16,18,21)/t11-/m1/s1. The van der Waals surface area contributed by atoms with Crippen LogP contribution in [0.15, 0.2) is 36.0 Å². The number of aliphatic hydroxyl groups excluding tert-OH is 1. The van der Waals surface area contributed by atoms with Crippen molar-refractivity contribution < 1.29 is 14.7 Å². The molecule has 112 valence electrons. The van der Waals surface area contributed by atoms with E-state index in [0.29, 0.717) is 29.2 Å². The highest BCUT2D eigenvalue weighted by Crippen LogP contribution is 2.13. The van der Waals surface area contributed by atoms with Crippen LogP contribution in [0, 0.1) is 0 Å². The maximum Gasteiger partial charge on any atom is 0.321 e. The molecule has 0 unspecified atom stereocenters. The van der Waals surface area contributed by atoms with Gasteiger partial charge in [0, 0.05) is 23.5 Å². The first-order valence-electron chi connectivity index (χ1n) is 6.29. The van der Waals surface area contributed by atoms with E-state index in [0.717, 1.165) is 0 Å². The fraction of sp³-hybridized carbons (Fsp3) is 0.231. The Morgan fingerprint density at radius 3 is 2.71 bits per heavy atom. The van der Waals surface area contributed by atoms with E-state index < -0.39 is 12.3 Å². The molecule has 0 fully saturated rings. The topological polar surface area (TPSA) is 102 Å². The molecule has 0 aromatic heterocycles. The van der Waals surface area contributed by atoms with E-state index in [-0.39, 0.29) is 6.03 Å². The van der Waals surface area contributed by atoms with Crippen LogP contribution in [-0.2, 0) is 0 Å². The number of nitrogens with one attached hydrogen (secondary N) is 4. The van der Waals surface area contributed by atoms with Gasteiger partial charge in [-0.2, -0.15) is 0 Å². The van der Waals surface area contributed by atoms with Gasteiger partial charge >= 0.3 is 12.1 Å². The molecule has 2 rings (SSSR count). The molecule has 1 aromatic carbocycles. The lowest BCUT2D eigenvalue weighted by atomic mass is 10.1. The lowest BCUT2D eigenvalue weighted by Gasteiger charge is -2.21. The number of carbonyl (C=O) groups excluding carboxylic acids is 2. The van der Waals surface area contributed by atoms with Gasteiger partial charge in [0.05, 0.1) is 0 Å². The van der Waals surface area contributed by atoms with Crippen LogP contribution in [0.3, 0.4) is 0 Å². The molecule has 0 aliphatic carbocycles. The highest BCUT2D eigenvalue weighted by atomic mass is 35.5. The molecule has 21 heavy (non-hydrogen) atoms. The van der Waals surface area contributed by atoms with Gasteiger partial charge in [0.1, 0.15) is 0 Å². The molecule has 1 heterocycles. The van der Waals surface area contributed by atoms with Gasteiger partial charge in [0.2, 0.25) is 0 Å². The van der Waals surface area contributed by atoms with Crippen LogP contribution in [0.25, 0.3) is 0 Å². The molecule has 4 amide bonds. The second kappa shape index (κ2) is 6.96. The van der Waals surface area contributed by atoms with Crippen molar-refractivity contribution >= 4 is 29.4 Å². The highest BCUT2D eigenvalue weighted by molar-refractivity contribution is 6.30. The minimum Gasteiger partial charge on any atom is -0.370 e. The molecule has 1 aliphatic rings. The smallest absolute Gasteiger partial charge is 0.321 e. The lowest BCUT2D eigenvalue weighted by molar-refractivity contribution is 0.161. The molecule has 0 bridgehead atoms. The average molecular weight is 311 g/mol. The van der Waals surface area contributed by atoms with Crippen molar-refractivity contribution in [2.75, 3.05) is 11.9 Å². The molecular weight excluding hydrogens is 296 g/mol. The lowest BCUT2D eigenvalue weighted by Crippen LogP contribution is -2.46. The van der Waals surface area contributed by atoms with Gasteiger partial charge < -0.3 is 26.4 Å². The summed E-state index contributed by atoms with van der Waals surface area (Å²) < 4.78 is 0. The zero-order valence-electron chi connectivity index (χ0n) is 11.0. The Hall–Kier alpha value is -2.25. The van der Waals surface area contributed by atoms with Crippen LogP contribution < -0.4 is 21.3 Å². The first kappa shape index (κ1) is 15.1. The van der Waals surface area contributed by atoms with E-state index in [1.165, 1.54) is 6.20 Å². The van der Waals surface area contributed by atoms with Crippen molar-refractivity contribution in [3.05, 3.63) is 41.1 Å². The van der Waals surface area contributed by atoms with E-state index in [4.69, 9.17) is 11.6 Å². The summed E-state index contributed by atoms with van der Waals surface area (Å²) in [4.78, 5) is 22.6. The van der Waals surface area contributed by atoms with Crippen LogP contribution in [0.2, 0.25) is 5.02 Å². The number of hydrogen-bond acceptors (Lipinski definition) is 3. The fourth-order valence-electron chi connectivity index (χ4n) is 1.73. The molecule has 5 N–H and O–H groups in total. The van der Waals surface area contributed by atoms with Crippen molar-refractivity contribution in [1.82, 2.24) is 16.0 Å². The number of amides is 4. The molecule has 7 nitrogen and oxygen atoms in total. The van der Waals surface area contributed by atoms with Crippen molar-refractivity contribution in [1.29, 1.82) is 0 Å². The summed E-state index contributed by atoms with van der Waals surface area (Å²) in [5, 5.41) is 20.2. The second-order valence-electron chi connectivity index (χ2n) is 4.38. The molecule has 0 radical (unpaired) electrons. The molecule has 1 atom stereocenters. The Morgan fingerprint density at radius 1 is 1.33 bits per heavy atom. The summed E-state index contributed by atoms with van der Waals surface area (Å²) in [6.07, 6.45) is 0.810. The molecule has 0 saturated carbocycles. The first-order chi connectivity index (χ1) is 10.0. The number of aliphatic hydroxyl groups is 1. The normalized spacial score (nSPS) is 17.3. The van der Waals surface area contributed by atoms with E-state index in [2.05, 4.69) is 21.3 Å². The monoisotopic (exact) mass is 310 g/mol. The zero-order valence-corrected chi connectivity index (χ0v) is 11.8. The molecule has 0 spiro atoms. The van der Waals surface area contributed by atoms with Crippen LogP contribution in [0.4, 0.5) is 15.3 Å². The van der Waals surface area contributed by atoms with Gasteiger partial charge in [-0.1, -0.05) is 11.6 Å². The molecular formula is C13H15ClN4O3. The summed E-state index contributed by atoms with van der Waals surface area (Å²) in [5.41, 5.74) is 1.21. The summed E-state index contributed by atoms with van der Waals surface area (Å²) in [6.45, 7) is 0.319. The van der Waals surface area contributed by atoms with Crippen LogP contribution in [-0.4, -0.2) is 29.9 Å². The highest BCUT2D eigenvalue weighted by Gasteiger charge is 2.18. The molecule has 8 heteroatoms. The van der Waals surface area contributed by atoms with Crippen LogP contribution in [0.1, 0.15) is 6.42 Å². The summed E-state index contributed by atoms with van der Waals surface area (Å²) >= 11 is 5.75. The number of rotatable bonds is 4. The third kappa shape index (κ3) is 4.66. The summed E-state index contributed by atoms with van der Waals surface area (Å²) in [5.74, 6) is 0. The van der Waals surface area contributed by atoms with E-state index in [1.54, 1.807) is 24.3 Å². The number of anilines is 1. The second-order valence-corrected chi connectivity index (χ2v) is 4.81. The van der Waals surface area contributed by atoms with E-state index >= 15 is 0 Å². The Kier molecular flexibility index (Phi) is 5.02. The van der Waals surface area contributed by atoms with Gasteiger partial charge in [0.25, 0.3) is 0 Å². The average Bonchev–Trinajstić information content (AvgIpc) is 2.44. The van der Waals surface area contributed by atoms with Crippen LogP contribution >= 0.6 is 11.6 Å². The zero-order chi connectivity index (χ0) is 15.2.